The van der Waals surface area contributed by atoms with E-state index in [1.54, 1.807) is 12.4 Å². The molecule has 0 unspecified atom stereocenters. The quantitative estimate of drug-likeness (QED) is 0.317. The fourth-order valence-electron chi connectivity index (χ4n) is 3.89. The number of morpholine rings is 1. The van der Waals surface area contributed by atoms with Gasteiger partial charge in [0.1, 0.15) is 5.60 Å². The summed E-state index contributed by atoms with van der Waals surface area (Å²) in [6, 6.07) is 9.34. The summed E-state index contributed by atoms with van der Waals surface area (Å²) in [5, 5.41) is 8.82. The Kier molecular flexibility index (Phi) is 8.77. The molecule has 0 aliphatic carbocycles. The molecule has 0 spiro atoms. The topological polar surface area (TPSA) is 157 Å². The number of aromatic nitrogens is 3. The summed E-state index contributed by atoms with van der Waals surface area (Å²) in [5.74, 6) is -0.441. The first-order valence-electron chi connectivity index (χ1n) is 12.7. The molecule has 2 amide bonds. The smallest absolute Gasteiger partial charge is 0.407 e. The second-order valence-electron chi connectivity index (χ2n) is 9.87. The molecule has 12 nitrogen and oxygen atoms in total. The number of nitrogens with two attached hydrogens (primary N) is 1. The lowest BCUT2D eigenvalue weighted by molar-refractivity contribution is 0.0530. The summed E-state index contributed by atoms with van der Waals surface area (Å²) in [7, 11) is 0. The Morgan fingerprint density at radius 1 is 1.08 bits per heavy atom. The molecule has 39 heavy (non-hydrogen) atoms. The van der Waals surface area contributed by atoms with Crippen molar-refractivity contribution in [2.75, 3.05) is 60.7 Å². The van der Waals surface area contributed by atoms with Crippen LogP contribution >= 0.6 is 0 Å². The summed E-state index contributed by atoms with van der Waals surface area (Å²) < 4.78 is 10.7. The van der Waals surface area contributed by atoms with Crippen molar-refractivity contribution in [1.29, 1.82) is 0 Å². The van der Waals surface area contributed by atoms with Crippen LogP contribution in [0.15, 0.2) is 48.9 Å². The van der Waals surface area contributed by atoms with Crippen LogP contribution in [0, 0.1) is 0 Å². The summed E-state index contributed by atoms with van der Waals surface area (Å²) in [6.07, 6.45) is 4.36. The zero-order chi connectivity index (χ0) is 27.8. The molecular weight excluding hydrogens is 500 g/mol. The first-order valence-corrected chi connectivity index (χ1v) is 12.7. The van der Waals surface area contributed by atoms with Gasteiger partial charge in [-0.2, -0.15) is 0 Å². The third-order valence-corrected chi connectivity index (χ3v) is 5.72. The maximum absolute atomic E-state index is 13.2. The molecule has 206 valence electrons. The molecule has 3 heterocycles. The third kappa shape index (κ3) is 7.77. The van der Waals surface area contributed by atoms with Crippen molar-refractivity contribution in [2.45, 2.75) is 26.4 Å². The number of benzene rings is 1. The van der Waals surface area contributed by atoms with Crippen molar-refractivity contribution in [3.63, 3.8) is 0 Å². The molecule has 4 rings (SSSR count). The SMILES string of the molecule is CC(C)(C)OC(=O)NCCNc1ccc(-c2cnc(N)c(C(=O)Nc3cnccc3N3CCOCC3)n2)cc1. The van der Waals surface area contributed by atoms with Crippen LogP contribution in [-0.4, -0.2) is 71.9 Å². The Hall–Kier alpha value is -4.45. The minimum atomic E-state index is -0.538. The molecule has 1 aliphatic rings. The number of nitrogens with one attached hydrogen (secondary N) is 3. The van der Waals surface area contributed by atoms with Gasteiger partial charge in [-0.05, 0) is 39.0 Å². The summed E-state index contributed by atoms with van der Waals surface area (Å²) in [4.78, 5) is 39.9. The highest BCUT2D eigenvalue weighted by Crippen LogP contribution is 2.27. The number of pyridine rings is 1. The minimum absolute atomic E-state index is 0.0275. The fraction of sp³-hybridized carbons (Fsp3) is 0.370. The number of ether oxygens (including phenoxy) is 2. The van der Waals surface area contributed by atoms with E-state index in [4.69, 9.17) is 15.2 Å². The van der Waals surface area contributed by atoms with Crippen LogP contribution < -0.4 is 26.6 Å². The van der Waals surface area contributed by atoms with Gasteiger partial charge >= 0.3 is 6.09 Å². The zero-order valence-corrected chi connectivity index (χ0v) is 22.4. The van der Waals surface area contributed by atoms with Crippen LogP contribution in [0.5, 0.6) is 0 Å². The number of anilines is 4. The molecule has 0 radical (unpaired) electrons. The van der Waals surface area contributed by atoms with Crippen molar-refractivity contribution >= 4 is 34.9 Å². The van der Waals surface area contributed by atoms with E-state index >= 15 is 0 Å². The number of carbonyl (C=O) groups is 2. The van der Waals surface area contributed by atoms with E-state index in [9.17, 15) is 9.59 Å². The van der Waals surface area contributed by atoms with E-state index in [1.165, 1.54) is 6.20 Å². The van der Waals surface area contributed by atoms with Gasteiger partial charge in [0.25, 0.3) is 5.91 Å². The predicted molar refractivity (Wildman–Crippen MR) is 150 cm³/mol. The third-order valence-electron chi connectivity index (χ3n) is 5.72. The number of nitrogens with zero attached hydrogens (tertiary/aromatic N) is 4. The van der Waals surface area contributed by atoms with Gasteiger partial charge in [-0.25, -0.2) is 14.8 Å². The molecule has 12 heteroatoms. The van der Waals surface area contributed by atoms with E-state index in [0.29, 0.717) is 37.7 Å². The van der Waals surface area contributed by atoms with E-state index in [-0.39, 0.29) is 11.5 Å². The van der Waals surface area contributed by atoms with Crippen molar-refractivity contribution in [3.05, 3.63) is 54.6 Å². The van der Waals surface area contributed by atoms with Gasteiger partial charge in [0.15, 0.2) is 11.5 Å². The number of nitrogen functional groups attached to an aromatic ring is 1. The van der Waals surface area contributed by atoms with E-state index in [0.717, 1.165) is 30.0 Å². The molecule has 1 saturated heterocycles. The molecule has 3 aromatic rings. The number of carbonyl (C=O) groups excluding carboxylic acids is 2. The van der Waals surface area contributed by atoms with Crippen molar-refractivity contribution < 1.29 is 19.1 Å². The van der Waals surface area contributed by atoms with Crippen LogP contribution in [0.25, 0.3) is 11.3 Å². The average Bonchev–Trinajstić information content (AvgIpc) is 2.91. The van der Waals surface area contributed by atoms with E-state index < -0.39 is 17.6 Å². The lowest BCUT2D eigenvalue weighted by Crippen LogP contribution is -2.36. The highest BCUT2D eigenvalue weighted by Gasteiger charge is 2.20. The Morgan fingerprint density at radius 3 is 2.54 bits per heavy atom. The number of hydrogen-bond donors (Lipinski definition) is 4. The number of alkyl carbamates (subject to hydrolysis) is 1. The molecule has 1 fully saturated rings. The van der Waals surface area contributed by atoms with Gasteiger partial charge in [0, 0.05) is 43.6 Å². The van der Waals surface area contributed by atoms with Crippen molar-refractivity contribution in [2.24, 2.45) is 0 Å². The van der Waals surface area contributed by atoms with Gasteiger partial charge in [0.05, 0.1) is 42.7 Å². The van der Waals surface area contributed by atoms with Crippen LogP contribution in [0.3, 0.4) is 0 Å². The maximum Gasteiger partial charge on any atom is 0.407 e. The van der Waals surface area contributed by atoms with Crippen molar-refractivity contribution in [1.82, 2.24) is 20.3 Å². The highest BCUT2D eigenvalue weighted by atomic mass is 16.6. The first kappa shape index (κ1) is 27.6. The normalized spacial score (nSPS) is 13.5. The van der Waals surface area contributed by atoms with Gasteiger partial charge < -0.3 is 36.1 Å². The van der Waals surface area contributed by atoms with Gasteiger partial charge in [0.2, 0.25) is 0 Å². The first-order chi connectivity index (χ1) is 18.7. The largest absolute Gasteiger partial charge is 0.444 e. The molecule has 0 atom stereocenters. The van der Waals surface area contributed by atoms with E-state index in [1.807, 2.05) is 51.1 Å². The molecule has 0 bridgehead atoms. The lowest BCUT2D eigenvalue weighted by atomic mass is 10.1. The molecule has 5 N–H and O–H groups in total. The van der Waals surface area contributed by atoms with Crippen LogP contribution in [-0.2, 0) is 9.47 Å². The fourth-order valence-corrected chi connectivity index (χ4v) is 3.89. The molecule has 0 saturated carbocycles. The Bertz CT molecular complexity index is 1290. The summed E-state index contributed by atoms with van der Waals surface area (Å²) >= 11 is 0. The Balaban J connectivity index is 1.38. The standard InChI is InChI=1S/C27H34N8O4/c1-27(2,3)39-26(37)31-11-10-30-19-6-4-18(5-7-19)20-17-32-24(28)23(33-20)25(36)34-21-16-29-9-8-22(21)35-12-14-38-15-13-35/h4-9,16-17,30H,10-15H2,1-3H3,(H2,28,32)(H,31,37)(H,34,36). The second-order valence-corrected chi connectivity index (χ2v) is 9.87. The Morgan fingerprint density at radius 2 is 1.82 bits per heavy atom. The maximum atomic E-state index is 13.2. The monoisotopic (exact) mass is 534 g/mol. The number of rotatable bonds is 8. The number of hydrogen-bond acceptors (Lipinski definition) is 10. The second kappa shape index (κ2) is 12.4. The Labute approximate surface area is 227 Å². The predicted octanol–water partition coefficient (Wildman–Crippen LogP) is 3.15. The minimum Gasteiger partial charge on any atom is -0.444 e. The van der Waals surface area contributed by atoms with Gasteiger partial charge in [-0.3, -0.25) is 9.78 Å². The number of amides is 2. The molecule has 2 aromatic heterocycles. The van der Waals surface area contributed by atoms with Crippen LogP contribution in [0.4, 0.5) is 27.7 Å². The highest BCUT2D eigenvalue weighted by molar-refractivity contribution is 6.07. The van der Waals surface area contributed by atoms with Crippen molar-refractivity contribution in [3.8, 4) is 11.3 Å². The van der Waals surface area contributed by atoms with Gasteiger partial charge in [-0.15, -0.1) is 0 Å². The van der Waals surface area contributed by atoms with E-state index in [2.05, 4.69) is 35.8 Å². The molecule has 1 aliphatic heterocycles. The lowest BCUT2D eigenvalue weighted by Gasteiger charge is -2.30. The van der Waals surface area contributed by atoms with Crippen LogP contribution in [0.2, 0.25) is 0 Å². The summed E-state index contributed by atoms with van der Waals surface area (Å²) in [6.45, 7) is 9.04. The average molecular weight is 535 g/mol. The molecule has 1 aromatic carbocycles. The van der Waals surface area contributed by atoms with Crippen LogP contribution in [0.1, 0.15) is 31.3 Å². The molecular formula is C27H34N8O4. The van der Waals surface area contributed by atoms with Gasteiger partial charge in [-0.1, -0.05) is 12.1 Å². The zero-order valence-electron chi connectivity index (χ0n) is 22.4. The summed E-state index contributed by atoms with van der Waals surface area (Å²) in [5.41, 5.74) is 9.07.